The van der Waals surface area contributed by atoms with Crippen molar-refractivity contribution in [1.82, 2.24) is 0 Å². The lowest BCUT2D eigenvalue weighted by Crippen LogP contribution is -2.34. The molecule has 0 saturated carbocycles. The Kier molecular flexibility index (Phi) is 2.13. The number of hydrogen-bond donors (Lipinski definition) is 0. The molecule has 0 aromatic rings. The molecule has 0 aromatic carbocycles. The van der Waals surface area contributed by atoms with E-state index in [2.05, 4.69) is 41.7 Å². The smallest absolute Gasteiger partial charge is 0.248 e. The highest BCUT2D eigenvalue weighted by atomic mass is 16.5. The topological polar surface area (TPSA) is 9.23 Å². The minimum Gasteiger partial charge on any atom is -0.440 e. The van der Waals surface area contributed by atoms with Crippen LogP contribution in [0.5, 0.6) is 0 Å². The van der Waals surface area contributed by atoms with Crippen molar-refractivity contribution in [3.8, 4) is 0 Å². The molecular formula is C8H17B2O. The van der Waals surface area contributed by atoms with Crippen LogP contribution in [0.25, 0.3) is 0 Å². The normalized spacial score (nSPS) is 27.2. The molecule has 0 amide bonds. The fourth-order valence-electron chi connectivity index (χ4n) is 1.51. The first kappa shape index (κ1) is 9.18. The van der Waals surface area contributed by atoms with Crippen LogP contribution in [0.3, 0.4) is 0 Å². The van der Waals surface area contributed by atoms with Gasteiger partial charge < -0.3 is 4.65 Å². The van der Waals surface area contributed by atoms with Gasteiger partial charge in [0.1, 0.15) is 7.17 Å². The zero-order valence-corrected chi connectivity index (χ0v) is 8.27. The van der Waals surface area contributed by atoms with Gasteiger partial charge in [-0.15, -0.1) is 0 Å². The standard InChI is InChI=1S/C8H17B2O/c1-7(2)6-10(9-5)11-8(7,3)4/h6H2,1-5H3. The third-order valence-corrected chi connectivity index (χ3v) is 3.16. The van der Waals surface area contributed by atoms with Gasteiger partial charge in [0.25, 0.3) is 0 Å². The van der Waals surface area contributed by atoms with Crippen LogP contribution in [0.15, 0.2) is 0 Å². The van der Waals surface area contributed by atoms with Crippen molar-refractivity contribution >= 4 is 14.0 Å². The molecule has 1 heterocycles. The van der Waals surface area contributed by atoms with E-state index in [0.29, 0.717) is 12.2 Å². The van der Waals surface area contributed by atoms with Crippen molar-refractivity contribution in [3.05, 3.63) is 0 Å². The van der Waals surface area contributed by atoms with Crippen LogP contribution in [-0.4, -0.2) is 19.6 Å². The van der Waals surface area contributed by atoms with Crippen LogP contribution in [0.1, 0.15) is 27.7 Å². The van der Waals surface area contributed by atoms with Gasteiger partial charge in [-0.1, -0.05) is 20.7 Å². The van der Waals surface area contributed by atoms with Crippen LogP contribution >= 0.6 is 0 Å². The number of hydrogen-bond acceptors (Lipinski definition) is 1. The molecule has 0 aromatic heterocycles. The van der Waals surface area contributed by atoms with E-state index in [1.54, 1.807) is 0 Å². The molecule has 0 aliphatic carbocycles. The molecular weight excluding hydrogens is 134 g/mol. The summed E-state index contributed by atoms with van der Waals surface area (Å²) < 4.78 is 5.86. The van der Waals surface area contributed by atoms with E-state index in [4.69, 9.17) is 4.65 Å². The van der Waals surface area contributed by atoms with Crippen molar-refractivity contribution in [2.24, 2.45) is 5.41 Å². The molecule has 0 spiro atoms. The highest BCUT2D eigenvalue weighted by Crippen LogP contribution is 2.44. The zero-order valence-electron chi connectivity index (χ0n) is 8.27. The van der Waals surface area contributed by atoms with Gasteiger partial charge in [0, 0.05) is 5.60 Å². The maximum atomic E-state index is 5.86. The summed E-state index contributed by atoms with van der Waals surface area (Å²) >= 11 is 0. The highest BCUT2D eigenvalue weighted by Gasteiger charge is 2.47. The molecule has 3 heteroatoms. The van der Waals surface area contributed by atoms with Crippen LogP contribution in [0.2, 0.25) is 13.1 Å². The lowest BCUT2D eigenvalue weighted by Gasteiger charge is -2.34. The Bertz CT molecular complexity index is 138. The number of rotatable bonds is 1. The van der Waals surface area contributed by atoms with Crippen LogP contribution < -0.4 is 0 Å². The van der Waals surface area contributed by atoms with E-state index in [9.17, 15) is 0 Å². The lowest BCUT2D eigenvalue weighted by atomic mass is 9.31. The summed E-state index contributed by atoms with van der Waals surface area (Å²) in [4.78, 5) is 0. The summed E-state index contributed by atoms with van der Waals surface area (Å²) in [7, 11) is 2.15. The summed E-state index contributed by atoms with van der Waals surface area (Å²) in [6.45, 7) is 11.3. The molecule has 0 atom stereocenters. The molecule has 0 N–H and O–H groups in total. The van der Waals surface area contributed by atoms with E-state index < -0.39 is 0 Å². The van der Waals surface area contributed by atoms with Gasteiger partial charge in [-0.25, -0.2) is 0 Å². The Balaban J connectivity index is 2.72. The first-order chi connectivity index (χ1) is 4.89. The molecule has 1 saturated heterocycles. The van der Waals surface area contributed by atoms with Gasteiger partial charge in [-0.3, -0.25) is 0 Å². The van der Waals surface area contributed by atoms with Gasteiger partial charge in [0.2, 0.25) is 6.81 Å². The van der Waals surface area contributed by atoms with E-state index >= 15 is 0 Å². The van der Waals surface area contributed by atoms with Gasteiger partial charge in [-0.2, -0.15) is 0 Å². The Morgan fingerprint density at radius 2 is 1.82 bits per heavy atom. The molecule has 0 unspecified atom stereocenters. The van der Waals surface area contributed by atoms with Crippen LogP contribution in [-0.2, 0) is 4.65 Å². The monoisotopic (exact) mass is 151 g/mol. The third kappa shape index (κ3) is 1.48. The molecule has 1 aliphatic rings. The van der Waals surface area contributed by atoms with Gasteiger partial charge in [0.05, 0.1) is 0 Å². The SMILES string of the molecule is C[B]B1CC(C)(C)C(C)(C)O1. The minimum atomic E-state index is 0.0319. The quantitative estimate of drug-likeness (QED) is 0.521. The van der Waals surface area contributed by atoms with Crippen LogP contribution in [0.4, 0.5) is 0 Å². The van der Waals surface area contributed by atoms with E-state index in [0.717, 1.165) is 6.32 Å². The first-order valence-electron chi connectivity index (χ1n) is 4.36. The van der Waals surface area contributed by atoms with Gasteiger partial charge in [-0.05, 0) is 25.6 Å². The average molecular weight is 151 g/mol. The second-order valence-electron chi connectivity index (χ2n) is 4.59. The minimum absolute atomic E-state index is 0.0319. The zero-order chi connectivity index (χ0) is 8.70. The van der Waals surface area contributed by atoms with Crippen molar-refractivity contribution < 1.29 is 4.65 Å². The second kappa shape index (κ2) is 2.55. The summed E-state index contributed by atoms with van der Waals surface area (Å²) in [6, 6.07) is 0. The Morgan fingerprint density at radius 1 is 1.27 bits per heavy atom. The van der Waals surface area contributed by atoms with Crippen LogP contribution in [0, 0.1) is 5.41 Å². The summed E-state index contributed by atoms with van der Waals surface area (Å²) in [6.07, 6.45) is 1.15. The molecule has 1 aliphatic heterocycles. The molecule has 61 valence electrons. The predicted octanol–water partition coefficient (Wildman–Crippen LogP) is 2.06. The Morgan fingerprint density at radius 3 is 2.00 bits per heavy atom. The largest absolute Gasteiger partial charge is 0.440 e. The molecule has 1 nitrogen and oxygen atoms in total. The second-order valence-corrected chi connectivity index (χ2v) is 4.59. The van der Waals surface area contributed by atoms with Crippen molar-refractivity contribution in [1.29, 1.82) is 0 Å². The summed E-state index contributed by atoms with van der Waals surface area (Å²) in [5, 5.41) is 0. The van der Waals surface area contributed by atoms with Gasteiger partial charge >= 0.3 is 0 Å². The Hall–Kier alpha value is 0.0899. The molecule has 1 radical (unpaired) electrons. The first-order valence-corrected chi connectivity index (χ1v) is 4.36. The van der Waals surface area contributed by atoms with Crippen molar-refractivity contribution in [2.45, 2.75) is 46.4 Å². The van der Waals surface area contributed by atoms with Gasteiger partial charge in [0.15, 0.2) is 0 Å². The van der Waals surface area contributed by atoms with E-state index in [-0.39, 0.29) is 5.60 Å². The molecule has 0 bridgehead atoms. The maximum absolute atomic E-state index is 5.86. The lowest BCUT2D eigenvalue weighted by molar-refractivity contribution is 0.0382. The van der Waals surface area contributed by atoms with Crippen molar-refractivity contribution in [2.75, 3.05) is 0 Å². The predicted molar refractivity (Wildman–Crippen MR) is 51.1 cm³/mol. The fourth-order valence-corrected chi connectivity index (χ4v) is 1.51. The summed E-state index contributed by atoms with van der Waals surface area (Å²) in [5.41, 5.74) is 0.342. The highest BCUT2D eigenvalue weighted by molar-refractivity contribution is 7.08. The average Bonchev–Trinajstić information content (AvgIpc) is 2.03. The summed E-state index contributed by atoms with van der Waals surface area (Å²) in [5.74, 6) is 0. The third-order valence-electron chi connectivity index (χ3n) is 3.16. The van der Waals surface area contributed by atoms with E-state index in [1.807, 2.05) is 0 Å². The fraction of sp³-hybridized carbons (Fsp3) is 1.00. The Labute approximate surface area is 71.2 Å². The molecule has 1 rings (SSSR count). The molecule has 11 heavy (non-hydrogen) atoms. The van der Waals surface area contributed by atoms with E-state index in [1.165, 1.54) is 0 Å². The molecule has 1 fully saturated rings. The maximum Gasteiger partial charge on any atom is 0.248 e. The van der Waals surface area contributed by atoms with Crippen molar-refractivity contribution in [3.63, 3.8) is 0 Å².